The number of aromatic nitrogens is 2. The van der Waals surface area contributed by atoms with E-state index >= 15 is 0 Å². The highest BCUT2D eigenvalue weighted by Gasteiger charge is 2.21. The lowest BCUT2D eigenvalue weighted by atomic mass is 9.96. The van der Waals surface area contributed by atoms with Crippen LogP contribution in [0.5, 0.6) is 0 Å². The molecule has 1 saturated carbocycles. The molecule has 0 radical (unpaired) electrons. The molecule has 1 unspecified atom stereocenters. The third kappa shape index (κ3) is 6.53. The Kier molecular flexibility index (Phi) is 7.49. The summed E-state index contributed by atoms with van der Waals surface area (Å²) in [5.74, 6) is -0.401. The second-order valence-electron chi connectivity index (χ2n) is 6.35. The van der Waals surface area contributed by atoms with E-state index in [1.54, 1.807) is 6.92 Å². The maximum absolute atomic E-state index is 12.2. The Morgan fingerprint density at radius 3 is 2.76 bits per heavy atom. The summed E-state index contributed by atoms with van der Waals surface area (Å²) in [5.41, 5.74) is 0.472. The Morgan fingerprint density at radius 2 is 2.08 bits per heavy atom. The van der Waals surface area contributed by atoms with E-state index in [0.717, 1.165) is 43.9 Å². The number of carbonyl (C=O) groups excluding carboxylic acids is 2. The van der Waals surface area contributed by atoms with Gasteiger partial charge in [0, 0.05) is 17.8 Å². The SMILES string of the molecule is CCCc1cc(=O)[nH]c(SC(C)C(=O)NC(=O)NC2CCCCC2)n1. The molecular weight excluding hydrogens is 340 g/mol. The summed E-state index contributed by atoms with van der Waals surface area (Å²) < 4.78 is 0. The fourth-order valence-corrected chi connectivity index (χ4v) is 3.66. The number of nitrogens with one attached hydrogen (secondary N) is 3. The van der Waals surface area contributed by atoms with E-state index in [0.29, 0.717) is 17.3 Å². The molecule has 3 N–H and O–H groups in total. The number of hydrogen-bond donors (Lipinski definition) is 3. The summed E-state index contributed by atoms with van der Waals surface area (Å²) in [6, 6.07) is 1.16. The smallest absolute Gasteiger partial charge is 0.321 e. The molecule has 1 heterocycles. The number of carbonyl (C=O) groups is 2. The lowest BCUT2D eigenvalue weighted by molar-refractivity contribution is -0.119. The van der Waals surface area contributed by atoms with Crippen molar-refractivity contribution in [3.8, 4) is 0 Å². The molecule has 1 aliphatic rings. The van der Waals surface area contributed by atoms with Crippen LogP contribution < -0.4 is 16.2 Å². The number of aromatic amines is 1. The average molecular weight is 366 g/mol. The number of H-pyrrole nitrogens is 1. The third-order valence-corrected chi connectivity index (χ3v) is 5.10. The van der Waals surface area contributed by atoms with Crippen molar-refractivity contribution >= 4 is 23.7 Å². The van der Waals surface area contributed by atoms with Crippen molar-refractivity contribution in [1.29, 1.82) is 0 Å². The Hall–Kier alpha value is -1.83. The monoisotopic (exact) mass is 366 g/mol. The highest BCUT2D eigenvalue weighted by atomic mass is 32.2. The van der Waals surface area contributed by atoms with Gasteiger partial charge in [0.25, 0.3) is 5.56 Å². The topological polar surface area (TPSA) is 104 Å². The van der Waals surface area contributed by atoms with Crippen LogP contribution in [0, 0.1) is 0 Å². The zero-order chi connectivity index (χ0) is 18.2. The molecule has 0 aliphatic heterocycles. The lowest BCUT2D eigenvalue weighted by Gasteiger charge is -2.23. The minimum absolute atomic E-state index is 0.147. The summed E-state index contributed by atoms with van der Waals surface area (Å²) in [6.07, 6.45) is 6.94. The van der Waals surface area contributed by atoms with Gasteiger partial charge in [-0.3, -0.25) is 14.9 Å². The average Bonchev–Trinajstić information content (AvgIpc) is 2.55. The fraction of sp³-hybridized carbons (Fsp3) is 0.647. The normalized spacial score (nSPS) is 16.2. The number of hydrogen-bond acceptors (Lipinski definition) is 5. The van der Waals surface area contributed by atoms with Gasteiger partial charge in [0.05, 0.1) is 5.25 Å². The van der Waals surface area contributed by atoms with Crippen LogP contribution >= 0.6 is 11.8 Å². The zero-order valence-corrected chi connectivity index (χ0v) is 15.6. The Morgan fingerprint density at radius 1 is 1.36 bits per heavy atom. The molecule has 0 bridgehead atoms. The Bertz CT molecular complexity index is 656. The van der Waals surface area contributed by atoms with Crippen molar-refractivity contribution in [3.63, 3.8) is 0 Å². The largest absolute Gasteiger partial charge is 0.335 e. The van der Waals surface area contributed by atoms with Crippen molar-refractivity contribution < 1.29 is 9.59 Å². The molecule has 0 saturated heterocycles. The lowest BCUT2D eigenvalue weighted by Crippen LogP contribution is -2.47. The highest BCUT2D eigenvalue weighted by Crippen LogP contribution is 2.19. The number of thioether (sulfide) groups is 1. The van der Waals surface area contributed by atoms with Crippen molar-refractivity contribution in [2.24, 2.45) is 0 Å². The minimum atomic E-state index is -0.544. The first-order chi connectivity index (χ1) is 12.0. The molecule has 1 aromatic heterocycles. The van der Waals surface area contributed by atoms with E-state index < -0.39 is 17.2 Å². The van der Waals surface area contributed by atoms with Crippen LogP contribution in [0.1, 0.15) is 58.1 Å². The minimum Gasteiger partial charge on any atom is -0.335 e. The van der Waals surface area contributed by atoms with Gasteiger partial charge < -0.3 is 10.3 Å². The Labute approximate surface area is 151 Å². The van der Waals surface area contributed by atoms with Gasteiger partial charge in [-0.25, -0.2) is 9.78 Å². The van der Waals surface area contributed by atoms with Crippen molar-refractivity contribution in [2.75, 3.05) is 0 Å². The maximum atomic E-state index is 12.2. The van der Waals surface area contributed by atoms with Gasteiger partial charge in [0.2, 0.25) is 5.91 Å². The number of urea groups is 1. The fourth-order valence-electron chi connectivity index (χ4n) is 2.83. The van der Waals surface area contributed by atoms with Gasteiger partial charge >= 0.3 is 6.03 Å². The van der Waals surface area contributed by atoms with Crippen molar-refractivity contribution in [2.45, 2.75) is 75.2 Å². The quantitative estimate of drug-likeness (QED) is 0.530. The predicted molar refractivity (Wildman–Crippen MR) is 97.7 cm³/mol. The van der Waals surface area contributed by atoms with Crippen molar-refractivity contribution in [1.82, 2.24) is 20.6 Å². The molecule has 25 heavy (non-hydrogen) atoms. The van der Waals surface area contributed by atoms with Crippen LogP contribution in [-0.4, -0.2) is 33.2 Å². The van der Waals surface area contributed by atoms with Gasteiger partial charge in [-0.15, -0.1) is 0 Å². The molecule has 1 fully saturated rings. The Balaban J connectivity index is 1.87. The van der Waals surface area contributed by atoms with Gasteiger partial charge in [0.1, 0.15) is 0 Å². The molecule has 2 rings (SSSR count). The molecule has 0 aromatic carbocycles. The molecule has 138 valence electrons. The van der Waals surface area contributed by atoms with Crippen LogP contribution in [0.2, 0.25) is 0 Å². The number of aryl methyl sites for hydroxylation is 1. The predicted octanol–water partition coefficient (Wildman–Crippen LogP) is 2.36. The van der Waals surface area contributed by atoms with Gasteiger partial charge in [-0.05, 0) is 26.2 Å². The molecule has 3 amide bonds. The van der Waals surface area contributed by atoms with Gasteiger partial charge in [0.15, 0.2) is 5.16 Å². The maximum Gasteiger partial charge on any atom is 0.321 e. The first kappa shape index (κ1) is 19.5. The van der Waals surface area contributed by atoms with Crippen molar-refractivity contribution in [3.05, 3.63) is 22.1 Å². The molecule has 8 heteroatoms. The molecule has 1 atom stereocenters. The number of nitrogens with zero attached hydrogens (tertiary/aromatic N) is 1. The molecule has 1 aromatic rings. The van der Waals surface area contributed by atoms with Crippen LogP contribution in [0.15, 0.2) is 16.0 Å². The summed E-state index contributed by atoms with van der Waals surface area (Å²) in [6.45, 7) is 3.69. The van der Waals surface area contributed by atoms with Crippen LogP contribution in [0.25, 0.3) is 0 Å². The summed E-state index contributed by atoms with van der Waals surface area (Å²) in [7, 11) is 0. The molecule has 1 aliphatic carbocycles. The third-order valence-electron chi connectivity index (χ3n) is 4.11. The second kappa shape index (κ2) is 9.60. The summed E-state index contributed by atoms with van der Waals surface area (Å²) >= 11 is 1.14. The summed E-state index contributed by atoms with van der Waals surface area (Å²) in [4.78, 5) is 42.8. The standard InChI is InChI=1S/C17H26N4O3S/c1-3-7-13-10-14(22)20-17(19-13)25-11(2)15(23)21-16(24)18-12-8-5-4-6-9-12/h10-12H,3-9H2,1-2H3,(H,19,20,22)(H2,18,21,23,24). The molecule has 0 spiro atoms. The summed E-state index contributed by atoms with van der Waals surface area (Å²) in [5, 5.41) is 5.07. The first-order valence-electron chi connectivity index (χ1n) is 8.86. The van der Waals surface area contributed by atoms with Gasteiger partial charge in [-0.2, -0.15) is 0 Å². The van der Waals surface area contributed by atoms with E-state index in [1.807, 2.05) is 6.92 Å². The van der Waals surface area contributed by atoms with Crippen LogP contribution in [0.3, 0.4) is 0 Å². The number of amides is 3. The molecular formula is C17H26N4O3S. The number of imide groups is 1. The zero-order valence-electron chi connectivity index (χ0n) is 14.8. The van der Waals surface area contributed by atoms with E-state index in [1.165, 1.54) is 12.5 Å². The van der Waals surface area contributed by atoms with Crippen LogP contribution in [0.4, 0.5) is 4.79 Å². The van der Waals surface area contributed by atoms with E-state index in [-0.39, 0.29) is 11.6 Å². The second-order valence-corrected chi connectivity index (χ2v) is 7.68. The van der Waals surface area contributed by atoms with E-state index in [9.17, 15) is 14.4 Å². The first-order valence-corrected chi connectivity index (χ1v) is 9.74. The van der Waals surface area contributed by atoms with E-state index in [2.05, 4.69) is 20.6 Å². The molecule has 7 nitrogen and oxygen atoms in total. The van der Waals surface area contributed by atoms with Crippen LogP contribution in [-0.2, 0) is 11.2 Å². The van der Waals surface area contributed by atoms with E-state index in [4.69, 9.17) is 0 Å². The highest BCUT2D eigenvalue weighted by molar-refractivity contribution is 8.00. The number of rotatable bonds is 6. The van der Waals surface area contributed by atoms with Gasteiger partial charge in [-0.1, -0.05) is 44.4 Å².